The molecule has 0 N–H and O–H groups in total. The number of rotatable bonds is 6. The third-order valence-electron chi connectivity index (χ3n) is 2.82. The van der Waals surface area contributed by atoms with E-state index >= 15 is 0 Å². The Labute approximate surface area is 111 Å². The van der Waals surface area contributed by atoms with Crippen molar-refractivity contribution in [3.63, 3.8) is 0 Å². The zero-order valence-corrected chi connectivity index (χ0v) is 12.6. The molecule has 0 aliphatic heterocycles. The van der Waals surface area contributed by atoms with Gasteiger partial charge in [-0.05, 0) is 32.6 Å². The lowest BCUT2D eigenvalue weighted by Crippen LogP contribution is -1.98. The van der Waals surface area contributed by atoms with E-state index in [2.05, 4.69) is 28.0 Å². The largest absolute Gasteiger partial charge is 0.257 e. The van der Waals surface area contributed by atoms with Crippen molar-refractivity contribution in [3.05, 3.63) is 16.4 Å². The van der Waals surface area contributed by atoms with Crippen molar-refractivity contribution in [1.82, 2.24) is 9.78 Å². The molecule has 1 aromatic heterocycles. The van der Waals surface area contributed by atoms with Crippen LogP contribution in [0.1, 0.15) is 43.9 Å². The summed E-state index contributed by atoms with van der Waals surface area (Å²) in [7, 11) is 1.89. The van der Waals surface area contributed by atoms with E-state index in [9.17, 15) is 0 Å². The van der Waals surface area contributed by atoms with Crippen molar-refractivity contribution in [2.24, 2.45) is 7.05 Å². The highest BCUT2D eigenvalue weighted by molar-refractivity contribution is 9.09. The molecule has 16 heavy (non-hydrogen) atoms. The predicted octanol–water partition coefficient (Wildman–Crippen LogP) is 4.27. The van der Waals surface area contributed by atoms with Crippen molar-refractivity contribution in [2.75, 3.05) is 0 Å². The van der Waals surface area contributed by atoms with Crippen LogP contribution in [0.2, 0.25) is 5.15 Å². The smallest absolute Gasteiger partial charge is 0.130 e. The molecule has 0 aromatic carbocycles. The van der Waals surface area contributed by atoms with Gasteiger partial charge in [-0.15, -0.1) is 0 Å². The lowest BCUT2D eigenvalue weighted by molar-refractivity contribution is 0.654. The summed E-state index contributed by atoms with van der Waals surface area (Å²) in [5, 5.41) is 5.11. The molecule has 0 fully saturated rings. The number of halogens is 2. The monoisotopic (exact) mass is 306 g/mol. The van der Waals surface area contributed by atoms with Crippen LogP contribution >= 0.6 is 27.5 Å². The van der Waals surface area contributed by atoms with Gasteiger partial charge in [-0.2, -0.15) is 5.10 Å². The quantitative estimate of drug-likeness (QED) is 0.718. The summed E-state index contributed by atoms with van der Waals surface area (Å²) in [5.74, 6) is 0. The molecule has 1 heterocycles. The Morgan fingerprint density at radius 3 is 2.62 bits per heavy atom. The van der Waals surface area contributed by atoms with Gasteiger partial charge >= 0.3 is 0 Å². The Kier molecular flexibility index (Phi) is 5.84. The van der Waals surface area contributed by atoms with E-state index in [1.165, 1.54) is 31.2 Å². The van der Waals surface area contributed by atoms with Gasteiger partial charge in [0.1, 0.15) is 5.15 Å². The zero-order valence-electron chi connectivity index (χ0n) is 10.3. The Morgan fingerprint density at radius 1 is 1.44 bits per heavy atom. The normalized spacial score (nSPS) is 13.1. The van der Waals surface area contributed by atoms with E-state index in [-0.39, 0.29) is 0 Å². The first-order valence-electron chi connectivity index (χ1n) is 5.88. The van der Waals surface area contributed by atoms with E-state index in [0.717, 1.165) is 17.3 Å². The lowest BCUT2D eigenvalue weighted by atomic mass is 10.1. The van der Waals surface area contributed by atoms with Gasteiger partial charge in [0.05, 0.1) is 5.69 Å². The average molecular weight is 308 g/mol. The fourth-order valence-corrected chi connectivity index (χ4v) is 2.97. The van der Waals surface area contributed by atoms with Crippen LogP contribution in [-0.2, 0) is 13.5 Å². The van der Waals surface area contributed by atoms with Crippen molar-refractivity contribution in [1.29, 1.82) is 0 Å². The molecule has 0 saturated carbocycles. The molecule has 1 aromatic rings. The number of aryl methyl sites for hydroxylation is 2. The van der Waals surface area contributed by atoms with Crippen LogP contribution in [0.15, 0.2) is 0 Å². The summed E-state index contributed by atoms with van der Waals surface area (Å²) in [6.07, 6.45) is 5.90. The minimum atomic E-state index is 0.647. The maximum atomic E-state index is 6.18. The SMILES string of the molecule is CCCC(Br)CCCc1c(C)nn(C)c1Cl. The van der Waals surface area contributed by atoms with Crippen LogP contribution in [0.3, 0.4) is 0 Å². The summed E-state index contributed by atoms with van der Waals surface area (Å²) >= 11 is 9.88. The highest BCUT2D eigenvalue weighted by Gasteiger charge is 2.11. The Balaban J connectivity index is 2.43. The predicted molar refractivity (Wildman–Crippen MR) is 73.5 cm³/mol. The van der Waals surface area contributed by atoms with Crippen LogP contribution in [0.4, 0.5) is 0 Å². The van der Waals surface area contributed by atoms with Gasteiger partial charge in [0.2, 0.25) is 0 Å². The second-order valence-electron chi connectivity index (χ2n) is 4.26. The molecule has 0 spiro atoms. The van der Waals surface area contributed by atoms with Gasteiger partial charge in [0.15, 0.2) is 0 Å². The van der Waals surface area contributed by atoms with Crippen LogP contribution in [0.5, 0.6) is 0 Å². The van der Waals surface area contributed by atoms with E-state index in [4.69, 9.17) is 11.6 Å². The van der Waals surface area contributed by atoms with Crippen molar-refractivity contribution >= 4 is 27.5 Å². The Hall–Kier alpha value is -0.0200. The van der Waals surface area contributed by atoms with E-state index < -0.39 is 0 Å². The molecule has 4 heteroatoms. The number of hydrogen-bond acceptors (Lipinski definition) is 1. The summed E-state index contributed by atoms with van der Waals surface area (Å²) in [5.41, 5.74) is 2.27. The molecular weight excluding hydrogens is 288 g/mol. The standard InChI is InChI=1S/C12H20BrClN2/c1-4-6-10(13)7-5-8-11-9(2)15-16(3)12(11)14/h10H,4-8H2,1-3H3. The molecule has 0 radical (unpaired) electrons. The van der Waals surface area contributed by atoms with E-state index in [0.29, 0.717) is 4.83 Å². The first-order valence-corrected chi connectivity index (χ1v) is 7.17. The zero-order chi connectivity index (χ0) is 12.1. The molecule has 0 aliphatic carbocycles. The number of alkyl halides is 1. The van der Waals surface area contributed by atoms with Gasteiger partial charge in [-0.3, -0.25) is 4.68 Å². The fourth-order valence-electron chi connectivity index (χ4n) is 1.92. The van der Waals surface area contributed by atoms with Crippen LogP contribution in [-0.4, -0.2) is 14.6 Å². The summed E-state index contributed by atoms with van der Waals surface area (Å²) in [4.78, 5) is 0.647. The molecule has 1 rings (SSSR count). The summed E-state index contributed by atoms with van der Waals surface area (Å²) < 4.78 is 1.75. The molecule has 1 atom stereocenters. The minimum absolute atomic E-state index is 0.647. The summed E-state index contributed by atoms with van der Waals surface area (Å²) in [6.45, 7) is 4.25. The van der Waals surface area contributed by atoms with Gasteiger partial charge in [-0.25, -0.2) is 0 Å². The molecule has 2 nitrogen and oxygen atoms in total. The molecule has 0 aliphatic rings. The highest BCUT2D eigenvalue weighted by atomic mass is 79.9. The molecule has 0 bridgehead atoms. The molecule has 1 unspecified atom stereocenters. The first-order chi connectivity index (χ1) is 7.56. The third-order valence-corrected chi connectivity index (χ3v) is 4.20. The first kappa shape index (κ1) is 14.0. The van der Waals surface area contributed by atoms with Crippen molar-refractivity contribution < 1.29 is 0 Å². The third kappa shape index (κ3) is 3.77. The minimum Gasteiger partial charge on any atom is -0.257 e. The van der Waals surface area contributed by atoms with Crippen molar-refractivity contribution in [2.45, 2.75) is 50.8 Å². The van der Waals surface area contributed by atoms with Crippen molar-refractivity contribution in [3.8, 4) is 0 Å². The van der Waals surface area contributed by atoms with E-state index in [1.807, 2.05) is 14.0 Å². The Bertz CT molecular complexity index is 336. The number of aromatic nitrogens is 2. The lowest BCUT2D eigenvalue weighted by Gasteiger charge is -2.07. The summed E-state index contributed by atoms with van der Waals surface area (Å²) in [6, 6.07) is 0. The Morgan fingerprint density at radius 2 is 2.12 bits per heavy atom. The second-order valence-corrected chi connectivity index (χ2v) is 5.91. The van der Waals surface area contributed by atoms with Gasteiger partial charge in [-0.1, -0.05) is 40.9 Å². The maximum Gasteiger partial charge on any atom is 0.130 e. The number of hydrogen-bond donors (Lipinski definition) is 0. The average Bonchev–Trinajstić information content (AvgIpc) is 2.45. The molecule has 0 amide bonds. The maximum absolute atomic E-state index is 6.18. The van der Waals surface area contributed by atoms with Gasteiger partial charge < -0.3 is 0 Å². The molecular formula is C12H20BrClN2. The van der Waals surface area contributed by atoms with Crippen LogP contribution in [0, 0.1) is 6.92 Å². The topological polar surface area (TPSA) is 17.8 Å². The molecule has 0 saturated heterocycles. The van der Waals surface area contributed by atoms with E-state index in [1.54, 1.807) is 4.68 Å². The fraction of sp³-hybridized carbons (Fsp3) is 0.750. The van der Waals surface area contributed by atoms with Gasteiger partial charge in [0, 0.05) is 17.4 Å². The highest BCUT2D eigenvalue weighted by Crippen LogP contribution is 2.22. The molecule has 92 valence electrons. The second kappa shape index (κ2) is 6.65. The number of nitrogens with zero attached hydrogens (tertiary/aromatic N) is 2. The van der Waals surface area contributed by atoms with Gasteiger partial charge in [0.25, 0.3) is 0 Å². The van der Waals surface area contributed by atoms with Crippen LogP contribution in [0.25, 0.3) is 0 Å². The van der Waals surface area contributed by atoms with Crippen LogP contribution < -0.4 is 0 Å².